The molecule has 3 rings (SSSR count). The smallest absolute Gasteiger partial charge is 0.332 e. The Labute approximate surface area is 154 Å². The van der Waals surface area contributed by atoms with Crippen molar-refractivity contribution in [3.05, 3.63) is 26.7 Å². The molecule has 2 aromatic heterocycles. The van der Waals surface area contributed by atoms with Crippen LogP contribution in [0.1, 0.15) is 50.8 Å². The van der Waals surface area contributed by atoms with Crippen LogP contribution in [0, 0.1) is 0 Å². The third kappa shape index (κ3) is 3.15. The van der Waals surface area contributed by atoms with Crippen molar-refractivity contribution >= 4 is 28.8 Å². The predicted molar refractivity (Wildman–Crippen MR) is 96.2 cm³/mol. The average Bonchev–Trinajstić information content (AvgIpc) is 3.16. The first-order chi connectivity index (χ1) is 12.3. The summed E-state index contributed by atoms with van der Waals surface area (Å²) in [5, 5.41) is 11.0. The van der Waals surface area contributed by atoms with Gasteiger partial charge in [0.05, 0.1) is 11.2 Å². The van der Waals surface area contributed by atoms with Gasteiger partial charge in [-0.1, -0.05) is 31.5 Å². The highest BCUT2D eigenvalue weighted by Gasteiger charge is 2.25. The van der Waals surface area contributed by atoms with E-state index in [1.807, 2.05) is 0 Å². The second-order valence-corrected chi connectivity index (χ2v) is 7.80. The Hall–Kier alpha value is -2.16. The molecule has 1 atom stereocenters. The van der Waals surface area contributed by atoms with Gasteiger partial charge in [-0.3, -0.25) is 13.9 Å². The minimum absolute atomic E-state index is 0.168. The van der Waals surface area contributed by atoms with Crippen molar-refractivity contribution in [3.8, 4) is 0 Å². The van der Waals surface area contributed by atoms with Crippen LogP contribution in [0.5, 0.6) is 0 Å². The van der Waals surface area contributed by atoms with Crippen molar-refractivity contribution in [3.63, 3.8) is 0 Å². The molecule has 1 saturated carbocycles. The van der Waals surface area contributed by atoms with Crippen molar-refractivity contribution in [2.45, 2.75) is 55.2 Å². The topological polar surface area (TPSA) is 110 Å². The molecule has 0 N–H and O–H groups in total. The number of aliphatic carboxylic acids is 1. The molecule has 0 bridgehead atoms. The van der Waals surface area contributed by atoms with Gasteiger partial charge >= 0.3 is 5.69 Å². The molecule has 0 radical (unpaired) electrons. The zero-order valence-electron chi connectivity index (χ0n) is 15.0. The number of rotatable bonds is 5. The molecule has 140 valence electrons. The van der Waals surface area contributed by atoms with E-state index in [4.69, 9.17) is 0 Å². The number of carbonyl (C=O) groups is 1. The largest absolute Gasteiger partial charge is 0.549 e. The SMILES string of the molecule is CC[C@@H](Sc1nc(C2CCCC2)nc2c1c(=O)n(C)c(=O)n2C)C(=O)[O-]. The first-order valence-electron chi connectivity index (χ1n) is 8.70. The highest BCUT2D eigenvalue weighted by atomic mass is 32.2. The summed E-state index contributed by atoms with van der Waals surface area (Å²) in [6.45, 7) is 1.74. The quantitative estimate of drug-likeness (QED) is 0.544. The Morgan fingerprint density at radius 3 is 2.46 bits per heavy atom. The van der Waals surface area contributed by atoms with Gasteiger partial charge in [0.1, 0.15) is 16.2 Å². The number of carboxylic acid groups (broad SMARTS) is 1. The van der Waals surface area contributed by atoms with Gasteiger partial charge in [-0.05, 0) is 19.3 Å². The van der Waals surface area contributed by atoms with Gasteiger partial charge in [-0.25, -0.2) is 14.8 Å². The zero-order chi connectivity index (χ0) is 19.0. The first-order valence-corrected chi connectivity index (χ1v) is 9.58. The second-order valence-electron chi connectivity index (χ2n) is 6.61. The molecule has 1 aliphatic rings. The predicted octanol–water partition coefficient (Wildman–Crippen LogP) is 0.305. The van der Waals surface area contributed by atoms with Gasteiger partial charge in [0, 0.05) is 20.0 Å². The van der Waals surface area contributed by atoms with E-state index in [9.17, 15) is 19.5 Å². The van der Waals surface area contributed by atoms with Crippen LogP contribution < -0.4 is 16.4 Å². The molecule has 0 aromatic carbocycles. The van der Waals surface area contributed by atoms with Crippen LogP contribution in [-0.2, 0) is 18.9 Å². The van der Waals surface area contributed by atoms with E-state index < -0.39 is 22.5 Å². The average molecular weight is 377 g/mol. The number of nitrogens with zero attached hydrogens (tertiary/aromatic N) is 4. The summed E-state index contributed by atoms with van der Waals surface area (Å²) in [4.78, 5) is 45.4. The molecule has 26 heavy (non-hydrogen) atoms. The van der Waals surface area contributed by atoms with Gasteiger partial charge in [0.2, 0.25) is 0 Å². The fourth-order valence-electron chi connectivity index (χ4n) is 3.33. The van der Waals surface area contributed by atoms with E-state index in [0.717, 1.165) is 42.0 Å². The Balaban J connectivity index is 2.29. The van der Waals surface area contributed by atoms with Crippen LogP contribution in [0.4, 0.5) is 0 Å². The molecule has 9 heteroatoms. The van der Waals surface area contributed by atoms with Crippen LogP contribution >= 0.6 is 11.8 Å². The van der Waals surface area contributed by atoms with Crippen molar-refractivity contribution in [1.82, 2.24) is 19.1 Å². The summed E-state index contributed by atoms with van der Waals surface area (Å²) < 4.78 is 2.31. The molecule has 2 heterocycles. The molecule has 0 amide bonds. The highest BCUT2D eigenvalue weighted by Crippen LogP contribution is 2.35. The minimum Gasteiger partial charge on any atom is -0.549 e. The molecule has 0 unspecified atom stereocenters. The minimum atomic E-state index is -1.20. The number of fused-ring (bicyclic) bond motifs is 1. The number of thioether (sulfide) groups is 1. The molecule has 2 aromatic rings. The van der Waals surface area contributed by atoms with Crippen molar-refractivity contribution in [1.29, 1.82) is 0 Å². The Kier molecular flexibility index (Phi) is 5.17. The number of hydrogen-bond donors (Lipinski definition) is 0. The number of hydrogen-bond acceptors (Lipinski definition) is 7. The molecule has 0 aliphatic heterocycles. The summed E-state index contributed by atoms with van der Waals surface area (Å²) >= 11 is 0.995. The molecular weight excluding hydrogens is 356 g/mol. The Bertz CT molecular complexity index is 975. The van der Waals surface area contributed by atoms with E-state index in [2.05, 4.69) is 9.97 Å². The van der Waals surface area contributed by atoms with Crippen LogP contribution in [0.2, 0.25) is 0 Å². The molecule has 0 spiro atoms. The maximum Gasteiger partial charge on any atom is 0.332 e. The second kappa shape index (κ2) is 7.22. The third-order valence-electron chi connectivity index (χ3n) is 4.89. The maximum atomic E-state index is 12.7. The summed E-state index contributed by atoms with van der Waals surface area (Å²) in [5.41, 5.74) is -0.732. The standard InChI is InChI=1S/C17H22N4O4S/c1-4-10(16(23)24)26-14-11-13(20(2)17(25)21(3)15(11)22)18-12(19-14)9-7-5-6-8-9/h9-10H,4-8H2,1-3H3,(H,23,24)/p-1/t10-/m1/s1. The first kappa shape index (κ1) is 18.6. The zero-order valence-corrected chi connectivity index (χ0v) is 15.8. The van der Waals surface area contributed by atoms with Crippen LogP contribution in [0.15, 0.2) is 14.6 Å². The monoisotopic (exact) mass is 377 g/mol. The maximum absolute atomic E-state index is 12.7. The lowest BCUT2D eigenvalue weighted by Gasteiger charge is -2.18. The van der Waals surface area contributed by atoms with Crippen LogP contribution in [0.25, 0.3) is 11.0 Å². The van der Waals surface area contributed by atoms with Crippen molar-refractivity contribution < 1.29 is 9.90 Å². The number of aromatic nitrogens is 4. The lowest BCUT2D eigenvalue weighted by molar-refractivity contribution is -0.304. The number of aryl methyl sites for hydroxylation is 1. The van der Waals surface area contributed by atoms with Gasteiger partial charge in [0.25, 0.3) is 5.56 Å². The van der Waals surface area contributed by atoms with Crippen molar-refractivity contribution in [2.75, 3.05) is 0 Å². The number of carbonyl (C=O) groups excluding carboxylic acids is 1. The molecule has 1 fully saturated rings. The lowest BCUT2D eigenvalue weighted by Crippen LogP contribution is -2.38. The Morgan fingerprint density at radius 1 is 1.23 bits per heavy atom. The third-order valence-corrected chi connectivity index (χ3v) is 6.22. The van der Waals surface area contributed by atoms with E-state index in [0.29, 0.717) is 17.3 Å². The van der Waals surface area contributed by atoms with E-state index >= 15 is 0 Å². The summed E-state index contributed by atoms with van der Waals surface area (Å²) in [5.74, 6) is -0.455. The number of carboxylic acids is 1. The summed E-state index contributed by atoms with van der Waals surface area (Å²) in [6.07, 6.45) is 4.41. The molecular formula is C17H21N4O4S-. The van der Waals surface area contributed by atoms with Crippen molar-refractivity contribution in [2.24, 2.45) is 14.1 Å². The van der Waals surface area contributed by atoms with Gasteiger partial charge < -0.3 is 9.90 Å². The normalized spacial score (nSPS) is 16.3. The van der Waals surface area contributed by atoms with E-state index in [-0.39, 0.29) is 17.0 Å². The fraction of sp³-hybridized carbons (Fsp3) is 0.588. The van der Waals surface area contributed by atoms with Gasteiger partial charge in [0.15, 0.2) is 5.65 Å². The van der Waals surface area contributed by atoms with Crippen LogP contribution in [0.3, 0.4) is 0 Å². The molecule has 8 nitrogen and oxygen atoms in total. The summed E-state index contributed by atoms with van der Waals surface area (Å²) in [7, 11) is 2.94. The Morgan fingerprint density at radius 2 is 1.88 bits per heavy atom. The fourth-order valence-corrected chi connectivity index (χ4v) is 4.30. The lowest BCUT2D eigenvalue weighted by atomic mass is 10.1. The molecule has 1 aliphatic carbocycles. The van der Waals surface area contributed by atoms with Gasteiger partial charge in [-0.2, -0.15) is 0 Å². The molecule has 0 saturated heterocycles. The highest BCUT2D eigenvalue weighted by molar-refractivity contribution is 8.00. The summed E-state index contributed by atoms with van der Waals surface area (Å²) in [6, 6.07) is 0. The van der Waals surface area contributed by atoms with E-state index in [1.165, 1.54) is 11.6 Å². The van der Waals surface area contributed by atoms with Gasteiger partial charge in [-0.15, -0.1) is 0 Å². The van der Waals surface area contributed by atoms with E-state index in [1.54, 1.807) is 14.0 Å². The van der Waals surface area contributed by atoms with Crippen LogP contribution in [-0.4, -0.2) is 30.3 Å².